The lowest BCUT2D eigenvalue weighted by Crippen LogP contribution is -2.46. The molecule has 0 bridgehead atoms. The molecule has 1 atom stereocenters. The minimum Gasteiger partial charge on any atom is -0.314 e. The summed E-state index contributed by atoms with van der Waals surface area (Å²) in [6, 6.07) is 2.22. The zero-order chi connectivity index (χ0) is 13.1. The molecular weight excluding hydrogens is 352 g/mol. The second-order valence-corrected chi connectivity index (χ2v) is 5.03. The van der Waals surface area contributed by atoms with E-state index in [1.165, 1.54) is 12.1 Å². The van der Waals surface area contributed by atoms with E-state index in [0.29, 0.717) is 13.1 Å². The molecular formula is C12H16Cl4F2N2. The SMILES string of the molecule is Cl.Cl.FC[C@@H](c1c(Cl)ccc(Cl)c1F)N1CCNCC1. The number of nitrogens with zero attached hydrogens (tertiary/aromatic N) is 1. The van der Waals surface area contributed by atoms with Crippen molar-refractivity contribution in [3.8, 4) is 0 Å². The molecule has 1 aromatic carbocycles. The van der Waals surface area contributed by atoms with Crippen molar-refractivity contribution in [2.75, 3.05) is 32.9 Å². The molecule has 2 rings (SSSR count). The van der Waals surface area contributed by atoms with Crippen molar-refractivity contribution in [2.24, 2.45) is 0 Å². The lowest BCUT2D eigenvalue weighted by atomic mass is 10.0. The summed E-state index contributed by atoms with van der Waals surface area (Å²) in [5.74, 6) is -0.620. The van der Waals surface area contributed by atoms with Gasteiger partial charge in [0.2, 0.25) is 0 Å². The summed E-state index contributed by atoms with van der Waals surface area (Å²) in [4.78, 5) is 1.89. The molecule has 0 aromatic heterocycles. The first-order valence-corrected chi connectivity index (χ1v) is 6.55. The zero-order valence-corrected chi connectivity index (χ0v) is 13.7. The second-order valence-electron chi connectivity index (χ2n) is 4.21. The molecule has 0 radical (unpaired) electrons. The number of alkyl halides is 1. The van der Waals surface area contributed by atoms with Crippen LogP contribution >= 0.6 is 48.0 Å². The number of halogens is 6. The van der Waals surface area contributed by atoms with Crippen LogP contribution in [0.15, 0.2) is 12.1 Å². The monoisotopic (exact) mass is 366 g/mol. The molecule has 0 amide bonds. The first-order chi connectivity index (χ1) is 8.65. The fraction of sp³-hybridized carbons (Fsp3) is 0.500. The number of hydrogen-bond acceptors (Lipinski definition) is 2. The maximum Gasteiger partial charge on any atom is 0.148 e. The Kier molecular flexibility index (Phi) is 9.31. The smallest absolute Gasteiger partial charge is 0.148 e. The highest BCUT2D eigenvalue weighted by molar-refractivity contribution is 6.33. The van der Waals surface area contributed by atoms with Crippen LogP contribution in [0.4, 0.5) is 8.78 Å². The van der Waals surface area contributed by atoms with E-state index in [1.807, 2.05) is 4.90 Å². The van der Waals surface area contributed by atoms with Gasteiger partial charge in [0.15, 0.2) is 0 Å². The van der Waals surface area contributed by atoms with Crippen molar-refractivity contribution >= 4 is 48.0 Å². The normalized spacial score (nSPS) is 17.0. The van der Waals surface area contributed by atoms with E-state index in [-0.39, 0.29) is 40.4 Å². The predicted molar refractivity (Wildman–Crippen MR) is 84.1 cm³/mol. The van der Waals surface area contributed by atoms with E-state index in [2.05, 4.69) is 5.32 Å². The Labute approximate surface area is 139 Å². The molecule has 0 aliphatic carbocycles. The van der Waals surface area contributed by atoms with E-state index < -0.39 is 18.5 Å². The largest absolute Gasteiger partial charge is 0.314 e. The van der Waals surface area contributed by atoms with Gasteiger partial charge >= 0.3 is 0 Å². The van der Waals surface area contributed by atoms with Gasteiger partial charge < -0.3 is 5.32 Å². The number of hydrogen-bond donors (Lipinski definition) is 1. The summed E-state index contributed by atoms with van der Waals surface area (Å²) in [5.41, 5.74) is 0.161. The van der Waals surface area contributed by atoms with Gasteiger partial charge in [0.1, 0.15) is 12.5 Å². The standard InChI is InChI=1S/C12H14Cl2F2N2.2ClH/c13-8-1-2-9(14)12(16)11(8)10(7-15)18-5-3-17-4-6-18;;/h1-2,10,17H,3-7H2;2*1H/t10-;;/m0../s1. The molecule has 1 aliphatic heterocycles. The summed E-state index contributed by atoms with van der Waals surface area (Å²) in [7, 11) is 0. The first-order valence-electron chi connectivity index (χ1n) is 5.79. The van der Waals surface area contributed by atoms with Crippen LogP contribution < -0.4 is 5.32 Å². The lowest BCUT2D eigenvalue weighted by Gasteiger charge is -2.34. The summed E-state index contributed by atoms with van der Waals surface area (Å²) >= 11 is 11.7. The molecule has 1 aromatic rings. The second kappa shape index (κ2) is 9.23. The van der Waals surface area contributed by atoms with Crippen LogP contribution in [0.5, 0.6) is 0 Å². The van der Waals surface area contributed by atoms with Crippen molar-refractivity contribution in [1.29, 1.82) is 0 Å². The molecule has 1 heterocycles. The van der Waals surface area contributed by atoms with Crippen molar-refractivity contribution in [3.63, 3.8) is 0 Å². The highest BCUT2D eigenvalue weighted by atomic mass is 35.5. The highest BCUT2D eigenvalue weighted by Gasteiger charge is 2.27. The molecule has 0 spiro atoms. The maximum atomic E-state index is 14.0. The summed E-state index contributed by atoms with van der Waals surface area (Å²) in [5, 5.41) is 3.36. The van der Waals surface area contributed by atoms with Crippen LogP contribution in [-0.2, 0) is 0 Å². The van der Waals surface area contributed by atoms with Gasteiger partial charge in [-0.1, -0.05) is 23.2 Å². The third kappa shape index (κ3) is 4.33. The van der Waals surface area contributed by atoms with Gasteiger partial charge in [0.05, 0.1) is 11.1 Å². The van der Waals surface area contributed by atoms with E-state index in [0.717, 1.165) is 13.1 Å². The van der Waals surface area contributed by atoms with Crippen LogP contribution in [0.3, 0.4) is 0 Å². The van der Waals surface area contributed by atoms with E-state index >= 15 is 0 Å². The van der Waals surface area contributed by atoms with Crippen LogP contribution in [0.1, 0.15) is 11.6 Å². The topological polar surface area (TPSA) is 15.3 Å². The third-order valence-corrected chi connectivity index (χ3v) is 3.77. The van der Waals surface area contributed by atoms with Gasteiger partial charge in [-0.05, 0) is 12.1 Å². The Morgan fingerprint density at radius 2 is 1.70 bits per heavy atom. The average Bonchev–Trinajstić information content (AvgIpc) is 2.40. The number of benzene rings is 1. The predicted octanol–water partition coefficient (Wildman–Crippen LogP) is 3.89. The highest BCUT2D eigenvalue weighted by Crippen LogP contribution is 2.34. The van der Waals surface area contributed by atoms with Crippen molar-refractivity contribution in [2.45, 2.75) is 6.04 Å². The van der Waals surface area contributed by atoms with Gasteiger partial charge in [0.25, 0.3) is 0 Å². The van der Waals surface area contributed by atoms with Crippen molar-refractivity contribution in [3.05, 3.63) is 33.6 Å². The van der Waals surface area contributed by atoms with Crippen LogP contribution in [-0.4, -0.2) is 37.8 Å². The van der Waals surface area contributed by atoms with Crippen molar-refractivity contribution < 1.29 is 8.78 Å². The third-order valence-electron chi connectivity index (χ3n) is 3.15. The Bertz CT molecular complexity index is 428. The number of nitrogens with one attached hydrogen (secondary N) is 1. The van der Waals surface area contributed by atoms with E-state index in [9.17, 15) is 8.78 Å². The summed E-state index contributed by atoms with van der Waals surface area (Å²) in [6.07, 6.45) is 0. The fourth-order valence-electron chi connectivity index (χ4n) is 2.20. The summed E-state index contributed by atoms with van der Waals surface area (Å²) in [6.45, 7) is 2.16. The fourth-order valence-corrected chi connectivity index (χ4v) is 2.64. The average molecular weight is 368 g/mol. The van der Waals surface area contributed by atoms with Gasteiger partial charge in [-0.2, -0.15) is 0 Å². The Hall–Kier alpha value is 0.160. The molecule has 0 saturated carbocycles. The van der Waals surface area contributed by atoms with Gasteiger partial charge in [-0.3, -0.25) is 4.90 Å². The maximum absolute atomic E-state index is 14.0. The molecule has 116 valence electrons. The molecule has 1 aliphatic rings. The minimum absolute atomic E-state index is 0. The minimum atomic E-state index is -0.684. The molecule has 1 N–H and O–H groups in total. The van der Waals surface area contributed by atoms with E-state index in [1.54, 1.807) is 0 Å². The van der Waals surface area contributed by atoms with Crippen LogP contribution in [0.2, 0.25) is 10.0 Å². The number of rotatable bonds is 3. The van der Waals surface area contributed by atoms with Crippen molar-refractivity contribution in [1.82, 2.24) is 10.2 Å². The van der Waals surface area contributed by atoms with Gasteiger partial charge in [-0.25, -0.2) is 8.78 Å². The van der Waals surface area contributed by atoms with Gasteiger partial charge in [-0.15, -0.1) is 24.8 Å². The molecule has 0 unspecified atom stereocenters. The Morgan fingerprint density at radius 3 is 2.25 bits per heavy atom. The molecule has 1 fully saturated rings. The lowest BCUT2D eigenvalue weighted by molar-refractivity contribution is 0.144. The molecule has 2 nitrogen and oxygen atoms in total. The number of piperazine rings is 1. The van der Waals surface area contributed by atoms with Crippen LogP contribution in [0, 0.1) is 5.82 Å². The quantitative estimate of drug-likeness (QED) is 0.815. The summed E-state index contributed by atoms with van der Waals surface area (Å²) < 4.78 is 27.3. The molecule has 20 heavy (non-hydrogen) atoms. The van der Waals surface area contributed by atoms with Crippen LogP contribution in [0.25, 0.3) is 0 Å². The molecule has 1 saturated heterocycles. The Balaban J connectivity index is 0.00000180. The Morgan fingerprint density at radius 1 is 1.15 bits per heavy atom. The molecule has 8 heteroatoms. The zero-order valence-electron chi connectivity index (χ0n) is 10.5. The van der Waals surface area contributed by atoms with Gasteiger partial charge in [0, 0.05) is 36.8 Å². The van der Waals surface area contributed by atoms with E-state index in [4.69, 9.17) is 23.2 Å². The first kappa shape index (κ1) is 20.2.